The summed E-state index contributed by atoms with van der Waals surface area (Å²) in [4.78, 5) is 17.1. The van der Waals surface area contributed by atoms with Crippen LogP contribution in [-0.4, -0.2) is 24.0 Å². The number of ether oxygens (including phenoxy) is 1. The van der Waals surface area contributed by atoms with Gasteiger partial charge in [-0.15, -0.1) is 11.3 Å². The third kappa shape index (κ3) is 4.58. The molecule has 4 heteroatoms. The van der Waals surface area contributed by atoms with Crippen LogP contribution in [0.2, 0.25) is 0 Å². The number of Topliss-reactive ketones (excluding diaryl/α,β-unsaturated/α-hetero) is 1. The zero-order chi connectivity index (χ0) is 13.5. The molecule has 0 saturated heterocycles. The molecular formula is C15H17NO2S. The smallest absolute Gasteiger partial charge is 0.162 e. The van der Waals surface area contributed by atoms with Crippen molar-refractivity contribution in [3.63, 3.8) is 0 Å². The van der Waals surface area contributed by atoms with Crippen molar-refractivity contribution in [3.05, 3.63) is 52.0 Å². The molecule has 2 aromatic rings. The number of nitrogens with zero attached hydrogens (tertiary/aromatic N) is 1. The summed E-state index contributed by atoms with van der Waals surface area (Å²) in [6.45, 7) is 2.75. The maximum atomic E-state index is 11.7. The minimum atomic E-state index is 0.118. The lowest BCUT2D eigenvalue weighted by atomic mass is 10.1. The summed E-state index contributed by atoms with van der Waals surface area (Å²) >= 11 is 1.63. The highest BCUT2D eigenvalue weighted by Crippen LogP contribution is 2.12. The summed E-state index contributed by atoms with van der Waals surface area (Å²) < 4.78 is 5.43. The molecule has 0 aliphatic rings. The van der Waals surface area contributed by atoms with E-state index in [2.05, 4.69) is 4.98 Å². The fourth-order valence-electron chi connectivity index (χ4n) is 1.79. The highest BCUT2D eigenvalue weighted by Gasteiger charge is 2.05. The van der Waals surface area contributed by atoms with Crippen molar-refractivity contribution in [2.24, 2.45) is 0 Å². The average Bonchev–Trinajstić information content (AvgIpc) is 2.81. The van der Waals surface area contributed by atoms with E-state index in [0.29, 0.717) is 13.0 Å². The topological polar surface area (TPSA) is 39.2 Å². The minimum absolute atomic E-state index is 0.118. The second-order valence-corrected chi connectivity index (χ2v) is 5.30. The molecule has 0 aliphatic carbocycles. The molecule has 1 aromatic carbocycles. The number of aromatic nitrogens is 1. The molecule has 0 spiro atoms. The van der Waals surface area contributed by atoms with Gasteiger partial charge in [0.25, 0.3) is 0 Å². The number of thiazole rings is 1. The van der Waals surface area contributed by atoms with Crippen molar-refractivity contribution in [1.29, 1.82) is 0 Å². The van der Waals surface area contributed by atoms with Gasteiger partial charge in [0.2, 0.25) is 0 Å². The summed E-state index contributed by atoms with van der Waals surface area (Å²) in [5.41, 5.74) is 3.93. The van der Waals surface area contributed by atoms with Crippen LogP contribution in [0.5, 0.6) is 0 Å². The molecular weight excluding hydrogens is 258 g/mol. The van der Waals surface area contributed by atoms with E-state index in [1.54, 1.807) is 11.3 Å². The van der Waals surface area contributed by atoms with E-state index >= 15 is 0 Å². The van der Waals surface area contributed by atoms with Gasteiger partial charge in [-0.05, 0) is 12.5 Å². The van der Waals surface area contributed by atoms with Crippen molar-refractivity contribution >= 4 is 17.1 Å². The Kier molecular flexibility index (Phi) is 5.24. The van der Waals surface area contributed by atoms with Gasteiger partial charge in [0, 0.05) is 17.7 Å². The van der Waals surface area contributed by atoms with Gasteiger partial charge in [0.15, 0.2) is 5.78 Å². The van der Waals surface area contributed by atoms with Crippen LogP contribution in [0.25, 0.3) is 0 Å². The number of carbonyl (C=O) groups is 1. The molecule has 2 rings (SSSR count). The third-order valence-electron chi connectivity index (χ3n) is 2.83. The number of ketones is 1. The standard InChI is InChI=1S/C15H17NO2S/c1-12-15(19-11-16-12)7-8-18-10-14(17)9-13-5-3-2-4-6-13/h2-6,11H,7-10H2,1H3. The molecule has 0 fully saturated rings. The Morgan fingerprint density at radius 3 is 2.79 bits per heavy atom. The number of aryl methyl sites for hydroxylation is 1. The van der Waals surface area contributed by atoms with Crippen LogP contribution in [0.4, 0.5) is 0 Å². The fourth-order valence-corrected chi connectivity index (χ4v) is 2.55. The van der Waals surface area contributed by atoms with Crippen LogP contribution in [0.1, 0.15) is 16.1 Å². The molecule has 0 aliphatic heterocycles. The molecule has 19 heavy (non-hydrogen) atoms. The lowest BCUT2D eigenvalue weighted by molar-refractivity contribution is -0.122. The van der Waals surface area contributed by atoms with Crippen LogP contribution in [0.3, 0.4) is 0 Å². The SMILES string of the molecule is Cc1ncsc1CCOCC(=O)Cc1ccccc1. The first-order valence-electron chi connectivity index (χ1n) is 6.28. The quantitative estimate of drug-likeness (QED) is 0.729. The molecule has 0 N–H and O–H groups in total. The predicted octanol–water partition coefficient (Wildman–Crippen LogP) is 2.82. The number of rotatable bonds is 7. The molecule has 0 unspecified atom stereocenters. The van der Waals surface area contributed by atoms with Crippen LogP contribution >= 0.6 is 11.3 Å². The lowest BCUT2D eigenvalue weighted by Crippen LogP contribution is -2.12. The van der Waals surface area contributed by atoms with E-state index in [1.165, 1.54) is 4.88 Å². The fraction of sp³-hybridized carbons (Fsp3) is 0.333. The van der Waals surface area contributed by atoms with Crippen LogP contribution in [0, 0.1) is 6.92 Å². The normalized spacial score (nSPS) is 10.6. The van der Waals surface area contributed by atoms with Crippen LogP contribution < -0.4 is 0 Å². The average molecular weight is 275 g/mol. The first-order chi connectivity index (χ1) is 9.25. The highest BCUT2D eigenvalue weighted by molar-refractivity contribution is 7.09. The third-order valence-corrected chi connectivity index (χ3v) is 3.82. The Bertz CT molecular complexity index is 522. The molecule has 0 saturated carbocycles. The van der Waals surface area contributed by atoms with Crippen molar-refractivity contribution < 1.29 is 9.53 Å². The van der Waals surface area contributed by atoms with E-state index in [1.807, 2.05) is 42.8 Å². The van der Waals surface area contributed by atoms with Gasteiger partial charge in [-0.1, -0.05) is 30.3 Å². The van der Waals surface area contributed by atoms with E-state index in [-0.39, 0.29) is 12.4 Å². The maximum Gasteiger partial charge on any atom is 0.162 e. The van der Waals surface area contributed by atoms with Crippen molar-refractivity contribution in [1.82, 2.24) is 4.98 Å². The summed E-state index contributed by atoms with van der Waals surface area (Å²) in [5.74, 6) is 0.118. The Balaban J connectivity index is 1.66. The summed E-state index contributed by atoms with van der Waals surface area (Å²) in [6.07, 6.45) is 1.27. The Hall–Kier alpha value is -1.52. The van der Waals surface area contributed by atoms with Gasteiger partial charge in [0.05, 0.1) is 17.8 Å². The second kappa shape index (κ2) is 7.16. The van der Waals surface area contributed by atoms with Crippen LogP contribution in [0.15, 0.2) is 35.8 Å². The number of carbonyl (C=O) groups excluding carboxylic acids is 1. The Labute approximate surface area is 117 Å². The van der Waals surface area contributed by atoms with Gasteiger partial charge in [-0.3, -0.25) is 4.79 Å². The van der Waals surface area contributed by atoms with E-state index in [4.69, 9.17) is 4.74 Å². The van der Waals surface area contributed by atoms with Gasteiger partial charge < -0.3 is 4.74 Å². The largest absolute Gasteiger partial charge is 0.373 e. The van der Waals surface area contributed by atoms with E-state index in [9.17, 15) is 4.79 Å². The second-order valence-electron chi connectivity index (χ2n) is 4.36. The van der Waals surface area contributed by atoms with Crippen LogP contribution in [-0.2, 0) is 22.4 Å². The summed E-state index contributed by atoms with van der Waals surface area (Å²) in [7, 11) is 0. The molecule has 0 bridgehead atoms. The highest BCUT2D eigenvalue weighted by atomic mass is 32.1. The zero-order valence-corrected chi connectivity index (χ0v) is 11.8. The monoisotopic (exact) mass is 275 g/mol. The van der Waals surface area contributed by atoms with Gasteiger partial charge >= 0.3 is 0 Å². The number of hydrogen-bond acceptors (Lipinski definition) is 4. The Morgan fingerprint density at radius 2 is 2.11 bits per heavy atom. The van der Waals surface area contributed by atoms with Crippen molar-refractivity contribution in [3.8, 4) is 0 Å². The zero-order valence-electron chi connectivity index (χ0n) is 11.0. The molecule has 100 valence electrons. The van der Waals surface area contributed by atoms with Crippen molar-refractivity contribution in [2.75, 3.05) is 13.2 Å². The van der Waals surface area contributed by atoms with Crippen molar-refractivity contribution in [2.45, 2.75) is 19.8 Å². The lowest BCUT2D eigenvalue weighted by Gasteiger charge is -2.03. The van der Waals surface area contributed by atoms with E-state index < -0.39 is 0 Å². The Morgan fingerprint density at radius 1 is 1.32 bits per heavy atom. The molecule has 0 radical (unpaired) electrons. The minimum Gasteiger partial charge on any atom is -0.373 e. The maximum absolute atomic E-state index is 11.7. The molecule has 1 heterocycles. The summed E-state index contributed by atoms with van der Waals surface area (Å²) in [5, 5.41) is 0. The van der Waals surface area contributed by atoms with Gasteiger partial charge in [-0.2, -0.15) is 0 Å². The first-order valence-corrected chi connectivity index (χ1v) is 7.16. The molecule has 3 nitrogen and oxygen atoms in total. The molecule has 1 aromatic heterocycles. The predicted molar refractivity (Wildman–Crippen MR) is 76.5 cm³/mol. The van der Waals surface area contributed by atoms with E-state index in [0.717, 1.165) is 17.7 Å². The first kappa shape index (κ1) is 13.9. The van der Waals surface area contributed by atoms with Gasteiger partial charge in [-0.25, -0.2) is 4.98 Å². The number of benzene rings is 1. The molecule has 0 atom stereocenters. The van der Waals surface area contributed by atoms with Gasteiger partial charge in [0.1, 0.15) is 6.61 Å². The summed E-state index contributed by atoms with van der Waals surface area (Å²) in [6, 6.07) is 9.74. The number of hydrogen-bond donors (Lipinski definition) is 0. The molecule has 0 amide bonds.